The molecule has 0 radical (unpaired) electrons. The van der Waals surface area contributed by atoms with Gasteiger partial charge >= 0.3 is 0 Å². The van der Waals surface area contributed by atoms with E-state index in [0.29, 0.717) is 12.8 Å². The minimum atomic E-state index is -0.517. The Labute approximate surface area is 191 Å². The second-order valence-electron chi connectivity index (χ2n) is 9.41. The summed E-state index contributed by atoms with van der Waals surface area (Å²) in [5.74, 6) is 0.0197. The van der Waals surface area contributed by atoms with Gasteiger partial charge in [0.05, 0.1) is 18.3 Å². The van der Waals surface area contributed by atoms with Gasteiger partial charge in [0.2, 0.25) is 0 Å². The summed E-state index contributed by atoms with van der Waals surface area (Å²) >= 11 is 0. The molecule has 1 saturated carbocycles. The molecule has 1 aliphatic carbocycles. The third-order valence-corrected chi connectivity index (χ3v) is 7.22. The lowest BCUT2D eigenvalue weighted by Crippen LogP contribution is -2.32. The molecule has 1 aromatic rings. The van der Waals surface area contributed by atoms with Crippen molar-refractivity contribution in [1.82, 2.24) is 0 Å². The highest BCUT2D eigenvalue weighted by Gasteiger charge is 2.44. The van der Waals surface area contributed by atoms with E-state index < -0.39 is 6.10 Å². The molecule has 0 amide bonds. The van der Waals surface area contributed by atoms with Crippen molar-refractivity contribution >= 4 is 6.29 Å². The quantitative estimate of drug-likeness (QED) is 0.532. The molecule has 6 heteroatoms. The average Bonchev–Trinajstić information content (AvgIpc) is 3.12. The molecule has 3 aliphatic rings. The lowest BCUT2D eigenvalue weighted by Gasteiger charge is -2.32. The first-order valence-corrected chi connectivity index (χ1v) is 12.5. The van der Waals surface area contributed by atoms with Crippen LogP contribution in [0.15, 0.2) is 30.3 Å². The van der Waals surface area contributed by atoms with Crippen LogP contribution >= 0.6 is 0 Å². The summed E-state index contributed by atoms with van der Waals surface area (Å²) in [5, 5.41) is 10.7. The molecule has 178 valence electrons. The molecule has 32 heavy (non-hydrogen) atoms. The van der Waals surface area contributed by atoms with Crippen LogP contribution in [0.4, 0.5) is 0 Å². The summed E-state index contributed by atoms with van der Waals surface area (Å²) < 4.78 is 24.4. The van der Waals surface area contributed by atoms with Gasteiger partial charge in [-0.15, -0.1) is 0 Å². The van der Waals surface area contributed by atoms with Crippen LogP contribution in [0, 0.1) is 11.8 Å². The highest BCUT2D eigenvalue weighted by atomic mass is 16.7. The SMILES string of the molecule is O=CCC1C(O)CC(OC2CCCCO2)C1CCC(OC1CCCCO1)c1ccccc1. The number of aliphatic hydroxyl groups excluding tert-OH is 1. The molecular weight excluding hydrogens is 408 g/mol. The molecule has 3 fully saturated rings. The van der Waals surface area contributed by atoms with Crippen LogP contribution in [-0.4, -0.2) is 49.4 Å². The fraction of sp³-hybridized carbons (Fsp3) is 0.731. The Hall–Kier alpha value is -1.31. The summed E-state index contributed by atoms with van der Waals surface area (Å²) in [6.07, 6.45) is 8.61. The number of aliphatic hydroxyl groups is 1. The fourth-order valence-electron chi connectivity index (χ4n) is 5.49. The maximum absolute atomic E-state index is 11.4. The van der Waals surface area contributed by atoms with Gasteiger partial charge in [-0.25, -0.2) is 0 Å². The van der Waals surface area contributed by atoms with E-state index >= 15 is 0 Å². The zero-order valence-electron chi connectivity index (χ0n) is 19.0. The number of carbonyl (C=O) groups excluding carboxylic acids is 1. The molecule has 2 saturated heterocycles. The van der Waals surface area contributed by atoms with Gasteiger partial charge in [-0.2, -0.15) is 0 Å². The number of aldehydes is 1. The number of ether oxygens (including phenoxy) is 4. The highest BCUT2D eigenvalue weighted by molar-refractivity contribution is 5.50. The van der Waals surface area contributed by atoms with Crippen LogP contribution in [-0.2, 0) is 23.7 Å². The van der Waals surface area contributed by atoms with E-state index in [-0.39, 0.29) is 36.6 Å². The van der Waals surface area contributed by atoms with Crippen LogP contribution in [0.5, 0.6) is 0 Å². The molecule has 0 aromatic heterocycles. The number of rotatable bonds is 10. The van der Waals surface area contributed by atoms with Gasteiger partial charge < -0.3 is 28.8 Å². The number of hydrogen-bond acceptors (Lipinski definition) is 6. The molecule has 7 unspecified atom stereocenters. The number of carbonyl (C=O) groups is 1. The first kappa shape index (κ1) is 23.8. The molecule has 1 aromatic carbocycles. The Balaban J connectivity index is 1.44. The maximum Gasteiger partial charge on any atom is 0.158 e. The topological polar surface area (TPSA) is 74.2 Å². The molecule has 2 heterocycles. The maximum atomic E-state index is 11.4. The molecule has 6 nitrogen and oxygen atoms in total. The smallest absolute Gasteiger partial charge is 0.158 e. The van der Waals surface area contributed by atoms with Gasteiger partial charge in [0.25, 0.3) is 0 Å². The second-order valence-corrected chi connectivity index (χ2v) is 9.41. The first-order valence-electron chi connectivity index (χ1n) is 12.5. The van der Waals surface area contributed by atoms with Crippen molar-refractivity contribution < 1.29 is 28.8 Å². The van der Waals surface area contributed by atoms with Crippen molar-refractivity contribution in [3.8, 4) is 0 Å². The highest BCUT2D eigenvalue weighted by Crippen LogP contribution is 2.42. The van der Waals surface area contributed by atoms with Gasteiger partial charge in [-0.3, -0.25) is 0 Å². The van der Waals surface area contributed by atoms with E-state index in [4.69, 9.17) is 18.9 Å². The fourth-order valence-corrected chi connectivity index (χ4v) is 5.49. The lowest BCUT2D eigenvalue weighted by molar-refractivity contribution is -0.201. The van der Waals surface area contributed by atoms with Gasteiger partial charge in [0.15, 0.2) is 12.6 Å². The molecule has 7 atom stereocenters. The Bertz CT molecular complexity index is 670. The van der Waals surface area contributed by atoms with Crippen molar-refractivity contribution in [2.75, 3.05) is 13.2 Å². The lowest BCUT2D eigenvalue weighted by atomic mass is 9.85. The Kier molecular flexibility index (Phi) is 9.11. The van der Waals surface area contributed by atoms with E-state index in [9.17, 15) is 9.90 Å². The molecule has 4 rings (SSSR count). The third-order valence-electron chi connectivity index (χ3n) is 7.22. The van der Waals surface area contributed by atoms with E-state index in [2.05, 4.69) is 12.1 Å². The minimum Gasteiger partial charge on any atom is -0.393 e. The standard InChI is InChI=1S/C26H38O6/c27-15-14-20-21(24(18-22(20)28)32-26-11-5-7-17-30-26)12-13-23(19-8-2-1-3-9-19)31-25-10-4-6-16-29-25/h1-3,8-9,15,20-26,28H,4-7,10-14,16-18H2. The van der Waals surface area contributed by atoms with Crippen molar-refractivity contribution in [1.29, 1.82) is 0 Å². The van der Waals surface area contributed by atoms with Crippen molar-refractivity contribution in [3.05, 3.63) is 35.9 Å². The zero-order valence-corrected chi connectivity index (χ0v) is 19.0. The third kappa shape index (κ3) is 6.39. The predicted octanol–water partition coefficient (Wildman–Crippen LogP) is 4.55. The van der Waals surface area contributed by atoms with E-state index in [1.54, 1.807) is 0 Å². The Morgan fingerprint density at radius 3 is 2.38 bits per heavy atom. The zero-order chi connectivity index (χ0) is 22.2. The molecule has 0 bridgehead atoms. The number of benzene rings is 1. The summed E-state index contributed by atoms with van der Waals surface area (Å²) in [7, 11) is 0. The van der Waals surface area contributed by atoms with Crippen molar-refractivity contribution in [3.63, 3.8) is 0 Å². The van der Waals surface area contributed by atoms with Crippen LogP contribution < -0.4 is 0 Å². The van der Waals surface area contributed by atoms with Crippen LogP contribution in [0.3, 0.4) is 0 Å². The normalized spacial score (nSPS) is 34.3. The van der Waals surface area contributed by atoms with Gasteiger partial charge in [-0.05, 0) is 68.8 Å². The second kappa shape index (κ2) is 12.2. The molecular formula is C26H38O6. The predicted molar refractivity (Wildman–Crippen MR) is 120 cm³/mol. The molecule has 2 aliphatic heterocycles. The van der Waals surface area contributed by atoms with E-state index in [0.717, 1.165) is 76.4 Å². The summed E-state index contributed by atoms with van der Waals surface area (Å²) in [6, 6.07) is 10.3. The summed E-state index contributed by atoms with van der Waals surface area (Å²) in [5.41, 5.74) is 1.14. The van der Waals surface area contributed by atoms with Crippen LogP contribution in [0.2, 0.25) is 0 Å². The van der Waals surface area contributed by atoms with Crippen molar-refractivity contribution in [2.45, 2.75) is 95.1 Å². The number of hydrogen-bond donors (Lipinski definition) is 1. The monoisotopic (exact) mass is 446 g/mol. The van der Waals surface area contributed by atoms with E-state index in [1.165, 1.54) is 0 Å². The van der Waals surface area contributed by atoms with Crippen LogP contribution in [0.1, 0.15) is 75.9 Å². The summed E-state index contributed by atoms with van der Waals surface area (Å²) in [4.78, 5) is 11.4. The van der Waals surface area contributed by atoms with Gasteiger partial charge in [-0.1, -0.05) is 30.3 Å². The van der Waals surface area contributed by atoms with E-state index in [1.807, 2.05) is 18.2 Å². The first-order chi connectivity index (χ1) is 15.7. The molecule has 0 spiro atoms. The van der Waals surface area contributed by atoms with Crippen LogP contribution in [0.25, 0.3) is 0 Å². The van der Waals surface area contributed by atoms with Crippen molar-refractivity contribution in [2.24, 2.45) is 11.8 Å². The molecule has 1 N–H and O–H groups in total. The average molecular weight is 447 g/mol. The van der Waals surface area contributed by atoms with Gasteiger partial charge in [0, 0.05) is 26.1 Å². The minimum absolute atomic E-state index is 0.0801. The largest absolute Gasteiger partial charge is 0.393 e. The Morgan fingerprint density at radius 1 is 1.00 bits per heavy atom. The Morgan fingerprint density at radius 2 is 1.72 bits per heavy atom. The summed E-state index contributed by atoms with van der Waals surface area (Å²) in [6.45, 7) is 1.48. The van der Waals surface area contributed by atoms with Gasteiger partial charge in [0.1, 0.15) is 6.29 Å².